The summed E-state index contributed by atoms with van der Waals surface area (Å²) < 4.78 is 11.4. The van der Waals surface area contributed by atoms with Crippen molar-refractivity contribution >= 4 is 0 Å². The lowest BCUT2D eigenvalue weighted by Crippen LogP contribution is -2.33. The lowest BCUT2D eigenvalue weighted by molar-refractivity contribution is -0.0644. The fourth-order valence-corrected chi connectivity index (χ4v) is 2.41. The van der Waals surface area contributed by atoms with Gasteiger partial charge in [0.1, 0.15) is 0 Å². The second kappa shape index (κ2) is 6.19. The fraction of sp³-hybridized carbons (Fsp3) is 0.667. The molecule has 1 fully saturated rings. The maximum atomic E-state index is 5.98. The highest BCUT2D eigenvalue weighted by Crippen LogP contribution is 2.30. The zero-order valence-electron chi connectivity index (χ0n) is 11.6. The van der Waals surface area contributed by atoms with Crippen molar-refractivity contribution in [3.63, 3.8) is 0 Å². The molecule has 1 heterocycles. The van der Waals surface area contributed by atoms with E-state index in [1.54, 1.807) is 0 Å². The van der Waals surface area contributed by atoms with Crippen molar-refractivity contribution < 1.29 is 9.47 Å². The highest BCUT2D eigenvalue weighted by Gasteiger charge is 2.27. The number of rotatable bonds is 6. The van der Waals surface area contributed by atoms with Crippen LogP contribution in [-0.4, -0.2) is 23.8 Å². The average molecular weight is 249 g/mol. The average Bonchev–Trinajstić information content (AvgIpc) is 2.28. The third kappa shape index (κ3) is 3.70. The first kappa shape index (κ1) is 13.3. The summed E-state index contributed by atoms with van der Waals surface area (Å²) in [4.78, 5) is 4.47. The number of aromatic nitrogens is 1. The molecule has 1 aliphatic rings. The Morgan fingerprint density at radius 2 is 2.17 bits per heavy atom. The van der Waals surface area contributed by atoms with Crippen molar-refractivity contribution in [2.24, 2.45) is 5.92 Å². The summed E-state index contributed by atoms with van der Waals surface area (Å²) in [5, 5.41) is 0. The van der Waals surface area contributed by atoms with Gasteiger partial charge in [-0.1, -0.05) is 13.0 Å². The van der Waals surface area contributed by atoms with E-state index in [1.165, 1.54) is 12.8 Å². The first-order valence-electron chi connectivity index (χ1n) is 6.91. The van der Waals surface area contributed by atoms with Crippen molar-refractivity contribution in [2.45, 2.75) is 52.2 Å². The molecular weight excluding hydrogens is 226 g/mol. The molecule has 100 valence electrons. The molecule has 0 bridgehead atoms. The van der Waals surface area contributed by atoms with Crippen LogP contribution in [0.1, 0.15) is 39.3 Å². The molecule has 0 aliphatic heterocycles. The number of ether oxygens (including phenoxy) is 2. The first-order chi connectivity index (χ1) is 8.67. The zero-order valence-corrected chi connectivity index (χ0v) is 11.6. The number of nitrogens with zero attached hydrogens (tertiary/aromatic N) is 1. The largest absolute Gasteiger partial charge is 0.478 e. The summed E-state index contributed by atoms with van der Waals surface area (Å²) in [6.07, 6.45) is 3.95. The minimum atomic E-state index is 0.229. The van der Waals surface area contributed by atoms with Gasteiger partial charge in [-0.25, -0.2) is 4.98 Å². The summed E-state index contributed by atoms with van der Waals surface area (Å²) in [7, 11) is 0. The van der Waals surface area contributed by atoms with Gasteiger partial charge in [-0.15, -0.1) is 0 Å². The lowest BCUT2D eigenvalue weighted by atomic mass is 9.84. The van der Waals surface area contributed by atoms with Crippen molar-refractivity contribution in [1.82, 2.24) is 4.98 Å². The van der Waals surface area contributed by atoms with E-state index in [0.29, 0.717) is 18.6 Å². The standard InChI is InChI=1S/C15H23NO2/c1-4-17-15-7-5-6-13(16-15)10-12(3)18-14-8-11(2)9-14/h5-7,11-12,14H,4,8-10H2,1-3H3. The monoisotopic (exact) mass is 249 g/mol. The van der Waals surface area contributed by atoms with Gasteiger partial charge in [0, 0.05) is 18.2 Å². The highest BCUT2D eigenvalue weighted by molar-refractivity contribution is 5.16. The predicted molar refractivity (Wildman–Crippen MR) is 71.8 cm³/mol. The molecular formula is C15H23NO2. The van der Waals surface area contributed by atoms with Crippen LogP contribution in [0.2, 0.25) is 0 Å². The van der Waals surface area contributed by atoms with Crippen molar-refractivity contribution in [3.05, 3.63) is 23.9 Å². The molecule has 1 atom stereocenters. The summed E-state index contributed by atoms with van der Waals surface area (Å²) >= 11 is 0. The second-order valence-corrected chi connectivity index (χ2v) is 5.25. The van der Waals surface area contributed by atoms with E-state index in [2.05, 4.69) is 18.8 Å². The number of hydrogen-bond donors (Lipinski definition) is 0. The number of pyridine rings is 1. The van der Waals surface area contributed by atoms with E-state index in [4.69, 9.17) is 9.47 Å². The quantitative estimate of drug-likeness (QED) is 0.775. The van der Waals surface area contributed by atoms with Gasteiger partial charge in [0.05, 0.1) is 18.8 Å². The Morgan fingerprint density at radius 3 is 2.83 bits per heavy atom. The third-order valence-corrected chi connectivity index (χ3v) is 3.33. The van der Waals surface area contributed by atoms with E-state index in [-0.39, 0.29) is 6.10 Å². The van der Waals surface area contributed by atoms with Gasteiger partial charge in [-0.05, 0) is 38.7 Å². The zero-order chi connectivity index (χ0) is 13.0. The molecule has 1 saturated carbocycles. The first-order valence-corrected chi connectivity index (χ1v) is 6.91. The molecule has 1 aliphatic carbocycles. The summed E-state index contributed by atoms with van der Waals surface area (Å²) in [6, 6.07) is 5.92. The van der Waals surface area contributed by atoms with Crippen LogP contribution in [0.4, 0.5) is 0 Å². The van der Waals surface area contributed by atoms with E-state index < -0.39 is 0 Å². The Kier molecular flexibility index (Phi) is 4.59. The fourth-order valence-electron chi connectivity index (χ4n) is 2.41. The van der Waals surface area contributed by atoms with Crippen LogP contribution in [0.15, 0.2) is 18.2 Å². The van der Waals surface area contributed by atoms with Crippen LogP contribution in [0.5, 0.6) is 5.88 Å². The minimum absolute atomic E-state index is 0.229. The van der Waals surface area contributed by atoms with Crippen LogP contribution in [0, 0.1) is 5.92 Å². The van der Waals surface area contributed by atoms with E-state index >= 15 is 0 Å². The van der Waals surface area contributed by atoms with Crippen LogP contribution in [-0.2, 0) is 11.2 Å². The lowest BCUT2D eigenvalue weighted by Gasteiger charge is -2.34. The van der Waals surface area contributed by atoms with Gasteiger partial charge < -0.3 is 9.47 Å². The van der Waals surface area contributed by atoms with Crippen LogP contribution in [0.25, 0.3) is 0 Å². The van der Waals surface area contributed by atoms with Crippen molar-refractivity contribution in [2.75, 3.05) is 6.61 Å². The van der Waals surface area contributed by atoms with Gasteiger partial charge in [0.2, 0.25) is 5.88 Å². The highest BCUT2D eigenvalue weighted by atomic mass is 16.5. The van der Waals surface area contributed by atoms with Gasteiger partial charge in [0.15, 0.2) is 0 Å². The molecule has 0 aromatic carbocycles. The van der Waals surface area contributed by atoms with E-state index in [0.717, 1.165) is 18.0 Å². The maximum absolute atomic E-state index is 5.98. The Hall–Kier alpha value is -1.09. The topological polar surface area (TPSA) is 31.4 Å². The molecule has 0 saturated heterocycles. The molecule has 18 heavy (non-hydrogen) atoms. The molecule has 0 amide bonds. The van der Waals surface area contributed by atoms with Crippen LogP contribution >= 0.6 is 0 Å². The van der Waals surface area contributed by atoms with Gasteiger partial charge in [-0.3, -0.25) is 0 Å². The maximum Gasteiger partial charge on any atom is 0.213 e. The molecule has 1 unspecified atom stereocenters. The Labute approximate surface area is 110 Å². The van der Waals surface area contributed by atoms with Gasteiger partial charge in [-0.2, -0.15) is 0 Å². The molecule has 0 N–H and O–H groups in total. The van der Waals surface area contributed by atoms with Crippen LogP contribution in [0.3, 0.4) is 0 Å². The Balaban J connectivity index is 1.82. The summed E-state index contributed by atoms with van der Waals surface area (Å²) in [6.45, 7) is 7.02. The van der Waals surface area contributed by atoms with Gasteiger partial charge >= 0.3 is 0 Å². The Bertz CT molecular complexity index is 375. The van der Waals surface area contributed by atoms with E-state index in [9.17, 15) is 0 Å². The molecule has 0 radical (unpaired) electrons. The molecule has 2 rings (SSSR count). The van der Waals surface area contributed by atoms with Crippen molar-refractivity contribution in [3.8, 4) is 5.88 Å². The predicted octanol–water partition coefficient (Wildman–Crippen LogP) is 3.23. The van der Waals surface area contributed by atoms with E-state index in [1.807, 2.05) is 25.1 Å². The summed E-state index contributed by atoms with van der Waals surface area (Å²) in [5.74, 6) is 1.54. The third-order valence-electron chi connectivity index (χ3n) is 3.33. The summed E-state index contributed by atoms with van der Waals surface area (Å²) in [5.41, 5.74) is 1.04. The minimum Gasteiger partial charge on any atom is -0.478 e. The molecule has 0 spiro atoms. The molecule has 3 nitrogen and oxygen atoms in total. The Morgan fingerprint density at radius 1 is 1.39 bits per heavy atom. The molecule has 3 heteroatoms. The molecule has 1 aromatic rings. The van der Waals surface area contributed by atoms with Crippen LogP contribution < -0.4 is 4.74 Å². The normalized spacial score (nSPS) is 24.4. The van der Waals surface area contributed by atoms with Gasteiger partial charge in [0.25, 0.3) is 0 Å². The second-order valence-electron chi connectivity index (χ2n) is 5.25. The number of hydrogen-bond acceptors (Lipinski definition) is 3. The molecule has 1 aromatic heterocycles. The van der Waals surface area contributed by atoms with Crippen molar-refractivity contribution in [1.29, 1.82) is 0 Å². The smallest absolute Gasteiger partial charge is 0.213 e. The SMILES string of the molecule is CCOc1cccc(CC(C)OC2CC(C)C2)n1.